The van der Waals surface area contributed by atoms with Crippen molar-refractivity contribution in [3.63, 3.8) is 0 Å². The number of carbonyl (C=O) groups excluding carboxylic acids is 1. The van der Waals surface area contributed by atoms with Gasteiger partial charge in [0.2, 0.25) is 6.79 Å². The molecule has 0 radical (unpaired) electrons. The van der Waals surface area contributed by atoms with Gasteiger partial charge in [-0.1, -0.05) is 12.1 Å². The third-order valence-electron chi connectivity index (χ3n) is 3.97. The van der Waals surface area contributed by atoms with Crippen molar-refractivity contribution in [2.45, 2.75) is 19.8 Å². The number of carboxylic acids is 2. The lowest BCUT2D eigenvalue weighted by Crippen LogP contribution is -2.14. The van der Waals surface area contributed by atoms with Gasteiger partial charge < -0.3 is 14.9 Å². The number of ether oxygens (including phenoxy) is 1. The summed E-state index contributed by atoms with van der Waals surface area (Å²) in [7, 11) is 0. The molecule has 0 saturated heterocycles. The largest absolute Gasteiger partial charge is 0.478 e. The molecule has 2 aromatic carbocycles. The van der Waals surface area contributed by atoms with Gasteiger partial charge in [0.15, 0.2) is 0 Å². The monoisotopic (exact) mass is 438 g/mol. The number of hydrogen-bond donors (Lipinski definition) is 4. The molecule has 0 aliphatic heterocycles. The van der Waals surface area contributed by atoms with Gasteiger partial charge in [-0.2, -0.15) is 4.89 Å². The molecular formula is C19H18O12. The van der Waals surface area contributed by atoms with Crippen molar-refractivity contribution in [3.05, 3.63) is 69.8 Å². The molecule has 0 atom stereocenters. The summed E-state index contributed by atoms with van der Waals surface area (Å²) in [6.07, 6.45) is 0. The van der Waals surface area contributed by atoms with E-state index in [1.54, 1.807) is 0 Å². The highest BCUT2D eigenvalue weighted by Gasteiger charge is 2.19. The lowest BCUT2D eigenvalue weighted by atomic mass is 10.0. The molecule has 0 amide bonds. The Morgan fingerprint density at radius 1 is 0.742 bits per heavy atom. The molecule has 0 aromatic heterocycles. The predicted octanol–water partition coefficient (Wildman–Crippen LogP) is 2.32. The van der Waals surface area contributed by atoms with Gasteiger partial charge in [-0.25, -0.2) is 29.0 Å². The summed E-state index contributed by atoms with van der Waals surface area (Å²) in [5, 5.41) is 35.3. The summed E-state index contributed by atoms with van der Waals surface area (Å²) in [4.78, 5) is 52.1. The van der Waals surface area contributed by atoms with E-state index < -0.39 is 24.7 Å². The van der Waals surface area contributed by atoms with E-state index in [4.69, 9.17) is 30.1 Å². The summed E-state index contributed by atoms with van der Waals surface area (Å²) in [6, 6.07) is 7.77. The maximum Gasteiger partial charge on any atom is 0.341 e. The maximum atomic E-state index is 12.1. The number of carboxylic acid groups (broad SMARTS) is 2. The van der Waals surface area contributed by atoms with Crippen LogP contribution in [0.5, 0.6) is 0 Å². The first-order chi connectivity index (χ1) is 14.9. The SMILES string of the molecule is O=C(O)c1ccc(COOCOC(=O)c2ccc(COO)cc2C(=O)O)c(COO)c1. The van der Waals surface area contributed by atoms with E-state index in [1.807, 2.05) is 0 Å². The maximum absolute atomic E-state index is 12.1. The van der Waals surface area contributed by atoms with E-state index in [-0.39, 0.29) is 36.5 Å². The average molecular weight is 438 g/mol. The molecule has 12 heteroatoms. The van der Waals surface area contributed by atoms with Crippen LogP contribution in [0.3, 0.4) is 0 Å². The summed E-state index contributed by atoms with van der Waals surface area (Å²) >= 11 is 0. The van der Waals surface area contributed by atoms with Crippen LogP contribution in [0.25, 0.3) is 0 Å². The highest BCUT2D eigenvalue weighted by molar-refractivity contribution is 6.02. The quantitative estimate of drug-likeness (QED) is 0.125. The van der Waals surface area contributed by atoms with E-state index in [0.29, 0.717) is 16.7 Å². The molecule has 0 bridgehead atoms. The second kappa shape index (κ2) is 11.7. The van der Waals surface area contributed by atoms with Gasteiger partial charge in [0.1, 0.15) is 19.8 Å². The summed E-state index contributed by atoms with van der Waals surface area (Å²) in [5.74, 6) is -3.53. The average Bonchev–Trinajstić information content (AvgIpc) is 2.74. The predicted molar refractivity (Wildman–Crippen MR) is 97.8 cm³/mol. The molecule has 0 spiro atoms. The highest BCUT2D eigenvalue weighted by Crippen LogP contribution is 2.16. The number of esters is 1. The fourth-order valence-corrected chi connectivity index (χ4v) is 2.51. The first-order valence-corrected chi connectivity index (χ1v) is 8.53. The van der Waals surface area contributed by atoms with Crippen molar-refractivity contribution in [2.24, 2.45) is 0 Å². The fraction of sp³-hybridized carbons (Fsp3) is 0.211. The van der Waals surface area contributed by atoms with Crippen molar-refractivity contribution in [2.75, 3.05) is 6.79 Å². The number of benzene rings is 2. The lowest BCUT2D eigenvalue weighted by molar-refractivity contribution is -0.335. The molecule has 4 N–H and O–H groups in total. The van der Waals surface area contributed by atoms with Crippen molar-refractivity contribution < 1.29 is 59.4 Å². The Morgan fingerprint density at radius 2 is 1.48 bits per heavy atom. The molecule has 0 heterocycles. The van der Waals surface area contributed by atoms with E-state index in [0.717, 1.165) is 6.07 Å². The molecule has 0 aliphatic rings. The summed E-state index contributed by atoms with van der Waals surface area (Å²) in [6.45, 7) is -1.40. The first kappa shape index (κ1) is 23.9. The summed E-state index contributed by atoms with van der Waals surface area (Å²) < 4.78 is 4.81. The Morgan fingerprint density at radius 3 is 2.13 bits per heavy atom. The summed E-state index contributed by atoms with van der Waals surface area (Å²) in [5.41, 5.74) is 0.488. The molecule has 2 aromatic rings. The van der Waals surface area contributed by atoms with E-state index in [1.165, 1.54) is 30.3 Å². The minimum Gasteiger partial charge on any atom is -0.478 e. The zero-order chi connectivity index (χ0) is 22.8. The van der Waals surface area contributed by atoms with Crippen LogP contribution in [-0.4, -0.2) is 45.4 Å². The molecule has 0 fully saturated rings. The smallest absolute Gasteiger partial charge is 0.341 e. The van der Waals surface area contributed by atoms with Crippen LogP contribution in [0.2, 0.25) is 0 Å². The Hall–Kier alpha value is -3.39. The van der Waals surface area contributed by atoms with Crippen LogP contribution in [-0.2, 0) is 44.1 Å². The Labute approximate surface area is 174 Å². The van der Waals surface area contributed by atoms with Crippen molar-refractivity contribution in [1.29, 1.82) is 0 Å². The van der Waals surface area contributed by atoms with Crippen molar-refractivity contribution >= 4 is 17.9 Å². The van der Waals surface area contributed by atoms with Gasteiger partial charge in [-0.05, 0) is 41.0 Å². The number of carbonyl (C=O) groups is 3. The number of hydrogen-bond acceptors (Lipinski definition) is 10. The topological polar surface area (TPSA) is 178 Å². The Balaban J connectivity index is 1.91. The molecule has 31 heavy (non-hydrogen) atoms. The zero-order valence-electron chi connectivity index (χ0n) is 15.8. The van der Waals surface area contributed by atoms with Crippen molar-refractivity contribution in [1.82, 2.24) is 0 Å². The molecule has 0 saturated carbocycles. The molecule has 12 nitrogen and oxygen atoms in total. The Kier molecular flexibility index (Phi) is 9.02. The zero-order valence-corrected chi connectivity index (χ0v) is 15.8. The van der Waals surface area contributed by atoms with Crippen LogP contribution < -0.4 is 0 Å². The van der Waals surface area contributed by atoms with Crippen molar-refractivity contribution in [3.8, 4) is 0 Å². The molecule has 0 unspecified atom stereocenters. The molecule has 0 aliphatic carbocycles. The van der Waals surface area contributed by atoms with Gasteiger partial charge in [0, 0.05) is 0 Å². The van der Waals surface area contributed by atoms with Gasteiger partial charge in [-0.3, -0.25) is 10.5 Å². The van der Waals surface area contributed by atoms with E-state index >= 15 is 0 Å². The number of rotatable bonds is 12. The van der Waals surface area contributed by atoms with Crippen LogP contribution >= 0.6 is 0 Å². The Bertz CT molecular complexity index is 939. The van der Waals surface area contributed by atoms with Crippen LogP contribution in [0.15, 0.2) is 36.4 Å². The standard InChI is InChI=1S/C19H18O12/c20-17(21)12-2-3-13(14(6-12)8-29-26)9-30-31-10-27-19(24)15-4-1-11(7-28-25)5-16(15)18(22)23/h1-6,25-26H,7-10H2,(H,20,21)(H,22,23). The second-order valence-corrected chi connectivity index (χ2v) is 5.95. The third kappa shape index (κ3) is 6.82. The minimum atomic E-state index is -1.38. The first-order valence-electron chi connectivity index (χ1n) is 8.53. The van der Waals surface area contributed by atoms with Gasteiger partial charge >= 0.3 is 17.9 Å². The third-order valence-corrected chi connectivity index (χ3v) is 3.97. The van der Waals surface area contributed by atoms with Crippen LogP contribution in [0, 0.1) is 0 Å². The fourth-order valence-electron chi connectivity index (χ4n) is 2.51. The minimum absolute atomic E-state index is 0.0172. The highest BCUT2D eigenvalue weighted by atomic mass is 17.2. The number of aromatic carboxylic acids is 2. The van der Waals surface area contributed by atoms with Gasteiger partial charge in [-0.15, -0.1) is 0 Å². The van der Waals surface area contributed by atoms with Crippen LogP contribution in [0.4, 0.5) is 0 Å². The lowest BCUT2D eigenvalue weighted by Gasteiger charge is -2.11. The normalized spacial score (nSPS) is 10.6. The molecular weight excluding hydrogens is 420 g/mol. The van der Waals surface area contributed by atoms with Crippen LogP contribution in [0.1, 0.15) is 47.8 Å². The van der Waals surface area contributed by atoms with E-state index in [9.17, 15) is 19.5 Å². The molecule has 166 valence electrons. The van der Waals surface area contributed by atoms with Gasteiger partial charge in [0.05, 0.1) is 16.7 Å². The van der Waals surface area contributed by atoms with Gasteiger partial charge in [0.25, 0.3) is 0 Å². The molecule has 2 rings (SSSR count). The van der Waals surface area contributed by atoms with E-state index in [2.05, 4.69) is 9.78 Å². The second-order valence-electron chi connectivity index (χ2n) is 5.95.